The lowest BCUT2D eigenvalue weighted by molar-refractivity contribution is -0.129. The zero-order chi connectivity index (χ0) is 14.8. The van der Waals surface area contributed by atoms with E-state index in [0.29, 0.717) is 5.56 Å². The summed E-state index contributed by atoms with van der Waals surface area (Å²) >= 11 is 2.18. The van der Waals surface area contributed by atoms with E-state index in [1.54, 1.807) is 18.2 Å². The fourth-order valence-corrected chi connectivity index (χ4v) is 2.44. The summed E-state index contributed by atoms with van der Waals surface area (Å²) in [6.07, 6.45) is 1.66. The molecule has 0 N–H and O–H groups in total. The lowest BCUT2D eigenvalue weighted by atomic mass is 10.2. The molecule has 0 radical (unpaired) electrons. The van der Waals surface area contributed by atoms with Crippen LogP contribution in [0.15, 0.2) is 59.2 Å². The molecular formula is C16H9FINO2. The fourth-order valence-electron chi connectivity index (χ4n) is 1.89. The van der Waals surface area contributed by atoms with Crippen molar-refractivity contribution in [3.8, 4) is 0 Å². The molecule has 104 valence electrons. The SMILES string of the molecule is O=C1OC(c2cccc(F)c2)=N/C1=C/c1ccccc1I. The van der Waals surface area contributed by atoms with E-state index >= 15 is 0 Å². The van der Waals surface area contributed by atoms with E-state index < -0.39 is 11.8 Å². The predicted molar refractivity (Wildman–Crippen MR) is 86.2 cm³/mol. The zero-order valence-corrected chi connectivity index (χ0v) is 12.9. The third-order valence-corrected chi connectivity index (χ3v) is 3.87. The Morgan fingerprint density at radius 2 is 1.95 bits per heavy atom. The maximum absolute atomic E-state index is 13.2. The van der Waals surface area contributed by atoms with E-state index in [1.807, 2.05) is 24.3 Å². The molecule has 0 unspecified atom stereocenters. The van der Waals surface area contributed by atoms with Crippen LogP contribution in [0.3, 0.4) is 0 Å². The number of benzene rings is 2. The minimum absolute atomic E-state index is 0.122. The van der Waals surface area contributed by atoms with Crippen LogP contribution >= 0.6 is 22.6 Å². The van der Waals surface area contributed by atoms with Crippen LogP contribution in [0.4, 0.5) is 4.39 Å². The molecule has 3 rings (SSSR count). The van der Waals surface area contributed by atoms with Crippen LogP contribution in [-0.4, -0.2) is 11.9 Å². The van der Waals surface area contributed by atoms with Crippen LogP contribution in [0.25, 0.3) is 6.08 Å². The third kappa shape index (κ3) is 3.02. The molecule has 0 spiro atoms. The van der Waals surface area contributed by atoms with E-state index in [-0.39, 0.29) is 11.6 Å². The molecule has 1 heterocycles. The number of aliphatic imine (C=N–C) groups is 1. The zero-order valence-electron chi connectivity index (χ0n) is 10.7. The molecule has 0 aliphatic carbocycles. The number of rotatable bonds is 2. The predicted octanol–water partition coefficient (Wildman–Crippen LogP) is 3.77. The molecule has 0 saturated heterocycles. The Bertz CT molecular complexity index is 783. The number of halogens is 2. The summed E-state index contributed by atoms with van der Waals surface area (Å²) in [6.45, 7) is 0. The van der Waals surface area contributed by atoms with Gasteiger partial charge in [-0.25, -0.2) is 14.2 Å². The Kier molecular flexibility index (Phi) is 3.83. The Hall–Kier alpha value is -2.02. The first kappa shape index (κ1) is 13.9. The van der Waals surface area contributed by atoms with Gasteiger partial charge in [-0.1, -0.05) is 24.3 Å². The van der Waals surface area contributed by atoms with E-state index in [4.69, 9.17) is 4.74 Å². The maximum atomic E-state index is 13.2. The van der Waals surface area contributed by atoms with Gasteiger partial charge in [-0.2, -0.15) is 0 Å². The molecule has 5 heteroatoms. The Morgan fingerprint density at radius 1 is 1.14 bits per heavy atom. The number of hydrogen-bond donors (Lipinski definition) is 0. The average molecular weight is 393 g/mol. The van der Waals surface area contributed by atoms with Gasteiger partial charge in [-0.15, -0.1) is 0 Å². The van der Waals surface area contributed by atoms with Crippen molar-refractivity contribution in [1.29, 1.82) is 0 Å². The molecule has 0 fully saturated rings. The van der Waals surface area contributed by atoms with Gasteiger partial charge in [0.2, 0.25) is 5.90 Å². The molecular weight excluding hydrogens is 384 g/mol. The number of nitrogens with zero attached hydrogens (tertiary/aromatic N) is 1. The smallest absolute Gasteiger partial charge is 0.363 e. The fraction of sp³-hybridized carbons (Fsp3) is 0. The molecule has 0 atom stereocenters. The van der Waals surface area contributed by atoms with Gasteiger partial charge in [-0.05, 0) is 58.5 Å². The third-order valence-electron chi connectivity index (χ3n) is 2.89. The number of carbonyl (C=O) groups excluding carboxylic acids is 1. The van der Waals surface area contributed by atoms with Gasteiger partial charge in [0.15, 0.2) is 5.70 Å². The number of hydrogen-bond acceptors (Lipinski definition) is 3. The van der Waals surface area contributed by atoms with Crippen LogP contribution in [0.5, 0.6) is 0 Å². The molecule has 2 aromatic carbocycles. The van der Waals surface area contributed by atoms with Crippen molar-refractivity contribution in [3.63, 3.8) is 0 Å². The van der Waals surface area contributed by atoms with Crippen LogP contribution < -0.4 is 0 Å². The van der Waals surface area contributed by atoms with E-state index in [1.165, 1.54) is 12.1 Å². The summed E-state index contributed by atoms with van der Waals surface area (Å²) in [5, 5.41) is 0. The van der Waals surface area contributed by atoms with Crippen LogP contribution in [0.2, 0.25) is 0 Å². The lowest BCUT2D eigenvalue weighted by Crippen LogP contribution is -2.05. The van der Waals surface area contributed by atoms with E-state index in [0.717, 1.165) is 9.13 Å². The monoisotopic (exact) mass is 393 g/mol. The summed E-state index contributed by atoms with van der Waals surface area (Å²) in [7, 11) is 0. The maximum Gasteiger partial charge on any atom is 0.363 e. The molecule has 0 bridgehead atoms. The van der Waals surface area contributed by atoms with Crippen molar-refractivity contribution in [3.05, 3.63) is 74.7 Å². The quantitative estimate of drug-likeness (QED) is 0.443. The highest BCUT2D eigenvalue weighted by Gasteiger charge is 2.24. The first-order valence-corrected chi connectivity index (χ1v) is 7.24. The molecule has 3 nitrogen and oxygen atoms in total. The van der Waals surface area contributed by atoms with E-state index in [9.17, 15) is 9.18 Å². The number of ether oxygens (including phenoxy) is 1. The van der Waals surface area contributed by atoms with Gasteiger partial charge in [0.05, 0.1) is 0 Å². The van der Waals surface area contributed by atoms with Crippen LogP contribution in [0.1, 0.15) is 11.1 Å². The summed E-state index contributed by atoms with van der Waals surface area (Å²) < 4.78 is 19.3. The molecule has 0 saturated carbocycles. The second-order valence-electron chi connectivity index (χ2n) is 4.37. The second-order valence-corrected chi connectivity index (χ2v) is 5.53. The summed E-state index contributed by atoms with van der Waals surface area (Å²) in [5.74, 6) is -0.813. The highest BCUT2D eigenvalue weighted by molar-refractivity contribution is 14.1. The molecule has 1 aliphatic rings. The normalized spacial score (nSPS) is 16.0. The minimum Gasteiger partial charge on any atom is -0.402 e. The number of esters is 1. The topological polar surface area (TPSA) is 38.7 Å². The summed E-state index contributed by atoms with van der Waals surface area (Å²) in [5.41, 5.74) is 1.53. The van der Waals surface area contributed by atoms with Crippen molar-refractivity contribution in [1.82, 2.24) is 0 Å². The molecule has 0 amide bonds. The molecule has 21 heavy (non-hydrogen) atoms. The number of carbonyl (C=O) groups is 1. The minimum atomic E-state index is -0.533. The van der Waals surface area contributed by atoms with Gasteiger partial charge in [-0.3, -0.25) is 0 Å². The Balaban J connectivity index is 1.98. The summed E-state index contributed by atoms with van der Waals surface area (Å²) in [6, 6.07) is 13.4. The average Bonchev–Trinajstić information content (AvgIpc) is 2.83. The highest BCUT2D eigenvalue weighted by Crippen LogP contribution is 2.21. The van der Waals surface area contributed by atoms with Crippen molar-refractivity contribution < 1.29 is 13.9 Å². The van der Waals surface area contributed by atoms with Crippen molar-refractivity contribution in [2.45, 2.75) is 0 Å². The Labute approximate surface area is 134 Å². The van der Waals surface area contributed by atoms with Crippen molar-refractivity contribution in [2.75, 3.05) is 0 Å². The number of cyclic esters (lactones) is 1. The van der Waals surface area contributed by atoms with Crippen molar-refractivity contribution >= 4 is 40.5 Å². The first-order chi connectivity index (χ1) is 10.1. The molecule has 0 aromatic heterocycles. The van der Waals surface area contributed by atoms with Gasteiger partial charge >= 0.3 is 5.97 Å². The summed E-state index contributed by atoms with van der Waals surface area (Å²) in [4.78, 5) is 16.0. The molecule has 2 aromatic rings. The van der Waals surface area contributed by atoms with E-state index in [2.05, 4.69) is 27.6 Å². The molecule has 1 aliphatic heterocycles. The van der Waals surface area contributed by atoms with Gasteiger partial charge in [0.1, 0.15) is 5.82 Å². The van der Waals surface area contributed by atoms with Gasteiger partial charge < -0.3 is 4.74 Å². The lowest BCUT2D eigenvalue weighted by Gasteiger charge is -1.98. The van der Waals surface area contributed by atoms with Gasteiger partial charge in [0.25, 0.3) is 0 Å². The van der Waals surface area contributed by atoms with Crippen LogP contribution in [-0.2, 0) is 9.53 Å². The standard InChI is InChI=1S/C16H9FINO2/c17-12-6-3-5-11(8-12)15-19-14(16(20)21-15)9-10-4-1-2-7-13(10)18/h1-9H/b14-9+. The highest BCUT2D eigenvalue weighted by atomic mass is 127. The van der Waals surface area contributed by atoms with Crippen molar-refractivity contribution in [2.24, 2.45) is 4.99 Å². The largest absolute Gasteiger partial charge is 0.402 e. The Morgan fingerprint density at radius 3 is 2.71 bits per heavy atom. The second kappa shape index (κ2) is 5.77. The van der Waals surface area contributed by atoms with Crippen LogP contribution in [0, 0.1) is 9.39 Å². The first-order valence-electron chi connectivity index (χ1n) is 6.16. The van der Waals surface area contributed by atoms with Gasteiger partial charge in [0, 0.05) is 9.13 Å².